The number of rotatable bonds is 5. The molecule has 0 aromatic carbocycles. The van der Waals surface area contributed by atoms with E-state index in [1.807, 2.05) is 13.0 Å². The van der Waals surface area contributed by atoms with Gasteiger partial charge in [0.25, 0.3) is 0 Å². The maximum Gasteiger partial charge on any atom is 0.213 e. The molecule has 0 saturated heterocycles. The van der Waals surface area contributed by atoms with Crippen molar-refractivity contribution in [3.63, 3.8) is 0 Å². The highest BCUT2D eigenvalue weighted by atomic mass is 79.9. The first-order valence-electron chi connectivity index (χ1n) is 5.80. The summed E-state index contributed by atoms with van der Waals surface area (Å²) in [5, 5.41) is 4.17. The number of nitrogens with zero attached hydrogens (tertiary/aromatic N) is 3. The van der Waals surface area contributed by atoms with Gasteiger partial charge in [0.2, 0.25) is 5.78 Å². The van der Waals surface area contributed by atoms with Gasteiger partial charge < -0.3 is 4.74 Å². The van der Waals surface area contributed by atoms with Gasteiger partial charge in [0.1, 0.15) is 5.69 Å². The Bertz CT molecular complexity index is 595. The molecular weight excluding hydrogens is 310 g/mol. The fraction of sp³-hybridized carbons (Fsp3) is 0.308. The lowest BCUT2D eigenvalue weighted by Gasteiger charge is -2.07. The Balaban J connectivity index is 2.35. The molecule has 2 heterocycles. The van der Waals surface area contributed by atoms with Crippen LogP contribution in [0.5, 0.6) is 0 Å². The summed E-state index contributed by atoms with van der Waals surface area (Å²) in [4.78, 5) is 16.5. The summed E-state index contributed by atoms with van der Waals surface area (Å²) >= 11 is 3.36. The number of hydrogen-bond acceptors (Lipinski definition) is 4. The normalized spacial score (nSPS) is 10.7. The highest BCUT2D eigenvalue weighted by Crippen LogP contribution is 2.20. The summed E-state index contributed by atoms with van der Waals surface area (Å²) in [6.07, 6.45) is 4.90. The number of ketones is 1. The van der Waals surface area contributed by atoms with E-state index in [1.54, 1.807) is 30.4 Å². The van der Waals surface area contributed by atoms with E-state index in [2.05, 4.69) is 26.0 Å². The van der Waals surface area contributed by atoms with Crippen LogP contribution in [0.15, 0.2) is 29.1 Å². The van der Waals surface area contributed by atoms with Gasteiger partial charge in [0, 0.05) is 25.1 Å². The first-order valence-corrected chi connectivity index (χ1v) is 6.59. The Morgan fingerprint density at radius 3 is 2.89 bits per heavy atom. The van der Waals surface area contributed by atoms with Crippen LogP contribution in [-0.2, 0) is 11.3 Å². The Labute approximate surface area is 119 Å². The number of halogens is 1. The molecule has 0 fully saturated rings. The number of hydrogen-bond donors (Lipinski definition) is 0. The first kappa shape index (κ1) is 13.9. The summed E-state index contributed by atoms with van der Waals surface area (Å²) in [7, 11) is 1.62. The van der Waals surface area contributed by atoms with E-state index in [0.717, 1.165) is 5.56 Å². The number of aromatic nitrogens is 3. The molecule has 0 radical (unpaired) electrons. The van der Waals surface area contributed by atoms with E-state index >= 15 is 0 Å². The molecule has 0 unspecified atom stereocenters. The van der Waals surface area contributed by atoms with Crippen molar-refractivity contribution in [3.8, 4) is 0 Å². The molecule has 0 spiro atoms. The number of ether oxygens (including phenoxy) is 1. The fourth-order valence-electron chi connectivity index (χ4n) is 1.75. The second kappa shape index (κ2) is 6.08. The van der Waals surface area contributed by atoms with E-state index < -0.39 is 0 Å². The monoisotopic (exact) mass is 323 g/mol. The summed E-state index contributed by atoms with van der Waals surface area (Å²) in [6, 6.07) is 1.81. The molecule has 19 heavy (non-hydrogen) atoms. The Morgan fingerprint density at radius 2 is 2.21 bits per heavy atom. The predicted octanol–water partition coefficient (Wildman–Crippen LogP) is 2.23. The topological polar surface area (TPSA) is 57.0 Å². The van der Waals surface area contributed by atoms with Crippen molar-refractivity contribution in [2.75, 3.05) is 13.7 Å². The van der Waals surface area contributed by atoms with Gasteiger partial charge in [-0.1, -0.05) is 0 Å². The van der Waals surface area contributed by atoms with Crippen LogP contribution in [0.3, 0.4) is 0 Å². The van der Waals surface area contributed by atoms with Crippen LogP contribution in [0.25, 0.3) is 0 Å². The number of carbonyl (C=O) groups is 1. The molecule has 0 saturated carbocycles. The minimum absolute atomic E-state index is 0.100. The standard InChI is InChI=1S/C13H14BrN3O2/c1-9-5-10(7-15-6-9)13(18)12-11(14)8-16-17(12)3-4-19-2/h5-8H,3-4H2,1-2H3. The van der Waals surface area contributed by atoms with Crippen molar-refractivity contribution in [2.24, 2.45) is 0 Å². The molecule has 2 aromatic rings. The molecule has 0 amide bonds. The Kier molecular flexibility index (Phi) is 4.44. The molecule has 6 heteroatoms. The van der Waals surface area contributed by atoms with Gasteiger partial charge >= 0.3 is 0 Å². The molecule has 100 valence electrons. The molecule has 5 nitrogen and oxygen atoms in total. The van der Waals surface area contributed by atoms with Crippen LogP contribution in [-0.4, -0.2) is 34.3 Å². The van der Waals surface area contributed by atoms with Crippen molar-refractivity contribution in [3.05, 3.63) is 46.0 Å². The van der Waals surface area contributed by atoms with E-state index in [-0.39, 0.29) is 5.78 Å². The van der Waals surface area contributed by atoms with E-state index in [1.165, 1.54) is 0 Å². The van der Waals surface area contributed by atoms with Gasteiger partial charge in [-0.3, -0.25) is 14.5 Å². The second-order valence-electron chi connectivity index (χ2n) is 4.14. The first-order chi connectivity index (χ1) is 9.13. The third-order valence-electron chi connectivity index (χ3n) is 2.65. The summed E-state index contributed by atoms with van der Waals surface area (Å²) in [5.41, 5.74) is 2.02. The third kappa shape index (κ3) is 3.08. The quantitative estimate of drug-likeness (QED) is 0.792. The molecule has 0 bridgehead atoms. The van der Waals surface area contributed by atoms with E-state index in [9.17, 15) is 4.79 Å². The Morgan fingerprint density at radius 1 is 1.42 bits per heavy atom. The zero-order valence-corrected chi connectivity index (χ0v) is 12.3. The predicted molar refractivity (Wildman–Crippen MR) is 74.2 cm³/mol. The minimum Gasteiger partial charge on any atom is -0.383 e. The molecule has 0 aliphatic carbocycles. The van der Waals surface area contributed by atoms with Crippen molar-refractivity contribution < 1.29 is 9.53 Å². The van der Waals surface area contributed by atoms with Crippen LogP contribution in [0.2, 0.25) is 0 Å². The third-order valence-corrected chi connectivity index (χ3v) is 3.23. The lowest BCUT2D eigenvalue weighted by molar-refractivity contribution is 0.102. The van der Waals surface area contributed by atoms with Crippen molar-refractivity contribution in [1.29, 1.82) is 0 Å². The zero-order chi connectivity index (χ0) is 13.8. The van der Waals surface area contributed by atoms with Crippen LogP contribution >= 0.6 is 15.9 Å². The lowest BCUT2D eigenvalue weighted by Crippen LogP contribution is -2.15. The SMILES string of the molecule is COCCn1ncc(Br)c1C(=O)c1cncc(C)c1. The lowest BCUT2D eigenvalue weighted by atomic mass is 10.1. The van der Waals surface area contributed by atoms with Gasteiger partial charge in [0.15, 0.2) is 0 Å². The van der Waals surface area contributed by atoms with Crippen molar-refractivity contribution >= 4 is 21.7 Å². The zero-order valence-electron chi connectivity index (χ0n) is 10.8. The van der Waals surface area contributed by atoms with E-state index in [0.29, 0.717) is 28.9 Å². The Hall–Kier alpha value is -1.53. The summed E-state index contributed by atoms with van der Waals surface area (Å²) in [6.45, 7) is 2.93. The molecule has 2 rings (SSSR count). The maximum atomic E-state index is 12.5. The second-order valence-corrected chi connectivity index (χ2v) is 4.99. The van der Waals surface area contributed by atoms with Crippen molar-refractivity contribution in [1.82, 2.24) is 14.8 Å². The van der Waals surface area contributed by atoms with Gasteiger partial charge in [-0.05, 0) is 34.5 Å². The van der Waals surface area contributed by atoms with Crippen LogP contribution < -0.4 is 0 Å². The molecule has 0 aliphatic heterocycles. The molecule has 2 aromatic heterocycles. The highest BCUT2D eigenvalue weighted by Gasteiger charge is 2.19. The number of carbonyl (C=O) groups excluding carboxylic acids is 1. The number of methoxy groups -OCH3 is 1. The molecule has 0 aliphatic rings. The van der Waals surface area contributed by atoms with Crippen LogP contribution in [0, 0.1) is 6.92 Å². The number of pyridine rings is 1. The van der Waals surface area contributed by atoms with Gasteiger partial charge in [-0.15, -0.1) is 0 Å². The average Bonchev–Trinajstić information content (AvgIpc) is 2.76. The summed E-state index contributed by atoms with van der Waals surface area (Å²) in [5.74, 6) is -0.100. The molecule has 0 N–H and O–H groups in total. The van der Waals surface area contributed by atoms with Gasteiger partial charge in [-0.2, -0.15) is 5.10 Å². The minimum atomic E-state index is -0.100. The molecule has 0 atom stereocenters. The largest absolute Gasteiger partial charge is 0.383 e. The molecular formula is C13H14BrN3O2. The van der Waals surface area contributed by atoms with Gasteiger partial charge in [-0.25, -0.2) is 0 Å². The van der Waals surface area contributed by atoms with Crippen LogP contribution in [0.4, 0.5) is 0 Å². The van der Waals surface area contributed by atoms with Crippen LogP contribution in [0.1, 0.15) is 21.6 Å². The van der Waals surface area contributed by atoms with Crippen molar-refractivity contribution in [2.45, 2.75) is 13.5 Å². The fourth-order valence-corrected chi connectivity index (χ4v) is 2.23. The highest BCUT2D eigenvalue weighted by molar-refractivity contribution is 9.10. The summed E-state index contributed by atoms with van der Waals surface area (Å²) < 4.78 is 7.33. The average molecular weight is 324 g/mol. The maximum absolute atomic E-state index is 12.5. The smallest absolute Gasteiger partial charge is 0.213 e. The van der Waals surface area contributed by atoms with E-state index in [4.69, 9.17) is 4.74 Å². The number of aryl methyl sites for hydroxylation is 1. The van der Waals surface area contributed by atoms with Gasteiger partial charge in [0.05, 0.1) is 23.8 Å².